The van der Waals surface area contributed by atoms with E-state index in [1.54, 1.807) is 22.7 Å². The van der Waals surface area contributed by atoms with Gasteiger partial charge in [0.05, 0.1) is 29.3 Å². The highest BCUT2D eigenvalue weighted by Crippen LogP contribution is 2.32. The molecular weight excluding hydrogens is 466 g/mol. The van der Waals surface area contributed by atoms with Crippen molar-refractivity contribution in [3.05, 3.63) is 59.9 Å². The second-order valence-electron chi connectivity index (χ2n) is 8.86. The fourth-order valence-electron chi connectivity index (χ4n) is 4.12. The van der Waals surface area contributed by atoms with E-state index in [-0.39, 0.29) is 5.75 Å². The number of nitrogens with zero attached hydrogens (tertiary/aromatic N) is 6. The molecule has 1 N–H and O–H groups in total. The Hall–Kier alpha value is -3.57. The van der Waals surface area contributed by atoms with Gasteiger partial charge in [-0.2, -0.15) is 5.10 Å². The minimum absolute atomic E-state index is 0.0751. The van der Waals surface area contributed by atoms with Crippen molar-refractivity contribution in [2.45, 2.75) is 32.9 Å². The van der Waals surface area contributed by atoms with Gasteiger partial charge in [-0.05, 0) is 51.5 Å². The second-order valence-corrected chi connectivity index (χ2v) is 11.4. The standard InChI is InChI=1S/C24H27N7O3S/c1-15-9-21(22(13-25-15)34-30-7-8-35(32,33)17(3)14-30)19-5-6-31-20(11-19)12-24(29-31)28-23-10-16(2)26-18(4)27-23/h5-6,9-13,17H,7-8,14H2,1-4H3,(H,26,27,28,29). The average Bonchev–Trinajstić information content (AvgIpc) is 3.18. The quantitative estimate of drug-likeness (QED) is 0.447. The van der Waals surface area contributed by atoms with Crippen LogP contribution in [0.1, 0.15) is 24.1 Å². The zero-order valence-electron chi connectivity index (χ0n) is 20.1. The van der Waals surface area contributed by atoms with Crippen molar-refractivity contribution in [1.82, 2.24) is 29.6 Å². The molecule has 5 heterocycles. The van der Waals surface area contributed by atoms with Crippen LogP contribution in [0.5, 0.6) is 5.75 Å². The van der Waals surface area contributed by atoms with Crippen molar-refractivity contribution in [1.29, 1.82) is 0 Å². The largest absolute Gasteiger partial charge is 0.404 e. The van der Waals surface area contributed by atoms with Crippen molar-refractivity contribution in [3.63, 3.8) is 0 Å². The Morgan fingerprint density at radius 1 is 1.06 bits per heavy atom. The molecule has 1 fully saturated rings. The van der Waals surface area contributed by atoms with E-state index in [4.69, 9.17) is 4.84 Å². The van der Waals surface area contributed by atoms with Gasteiger partial charge in [0.2, 0.25) is 0 Å². The average molecular weight is 494 g/mol. The van der Waals surface area contributed by atoms with Gasteiger partial charge in [-0.1, -0.05) is 0 Å². The van der Waals surface area contributed by atoms with Crippen LogP contribution in [0.3, 0.4) is 0 Å². The monoisotopic (exact) mass is 493 g/mol. The van der Waals surface area contributed by atoms with Gasteiger partial charge in [0.1, 0.15) is 11.6 Å². The van der Waals surface area contributed by atoms with Crippen LogP contribution >= 0.6 is 0 Å². The lowest BCUT2D eigenvalue weighted by Gasteiger charge is -2.30. The Morgan fingerprint density at radius 3 is 2.66 bits per heavy atom. The van der Waals surface area contributed by atoms with Crippen LogP contribution in [-0.4, -0.2) is 62.1 Å². The first-order valence-corrected chi connectivity index (χ1v) is 13.1. The highest BCUT2D eigenvalue weighted by molar-refractivity contribution is 7.92. The number of hydrogen-bond acceptors (Lipinski definition) is 9. The Bertz CT molecular complexity index is 1500. The molecule has 0 bridgehead atoms. The number of rotatable bonds is 5. The number of aryl methyl sites for hydroxylation is 3. The summed E-state index contributed by atoms with van der Waals surface area (Å²) in [5, 5.41) is 9.06. The van der Waals surface area contributed by atoms with Crippen molar-refractivity contribution in [2.75, 3.05) is 24.2 Å². The number of anilines is 2. The fraction of sp³-hybridized carbons (Fsp3) is 0.333. The smallest absolute Gasteiger partial charge is 0.173 e. The number of hydrogen-bond donors (Lipinski definition) is 1. The minimum atomic E-state index is -3.07. The molecule has 5 rings (SSSR count). The van der Waals surface area contributed by atoms with Crippen LogP contribution in [-0.2, 0) is 9.84 Å². The van der Waals surface area contributed by atoms with Gasteiger partial charge in [-0.3, -0.25) is 4.98 Å². The summed E-state index contributed by atoms with van der Waals surface area (Å²) < 4.78 is 25.9. The third-order valence-electron chi connectivity index (χ3n) is 5.93. The van der Waals surface area contributed by atoms with E-state index in [0.29, 0.717) is 36.3 Å². The number of sulfone groups is 1. The molecule has 1 unspecified atom stereocenters. The van der Waals surface area contributed by atoms with Crippen LogP contribution in [0.15, 0.2) is 42.7 Å². The van der Waals surface area contributed by atoms with E-state index in [1.807, 2.05) is 57.3 Å². The Balaban J connectivity index is 1.43. The molecule has 0 spiro atoms. The van der Waals surface area contributed by atoms with Gasteiger partial charge >= 0.3 is 0 Å². The molecule has 1 atom stereocenters. The van der Waals surface area contributed by atoms with Gasteiger partial charge in [-0.25, -0.2) is 22.9 Å². The molecule has 0 saturated carbocycles. The number of pyridine rings is 2. The third kappa shape index (κ3) is 4.96. The maximum atomic E-state index is 12.1. The minimum Gasteiger partial charge on any atom is -0.404 e. The zero-order valence-corrected chi connectivity index (χ0v) is 20.9. The summed E-state index contributed by atoms with van der Waals surface area (Å²) in [6.45, 7) is 8.05. The first-order valence-electron chi connectivity index (χ1n) is 11.4. The van der Waals surface area contributed by atoms with Crippen LogP contribution in [0, 0.1) is 20.8 Å². The van der Waals surface area contributed by atoms with Gasteiger partial charge in [0.25, 0.3) is 0 Å². The lowest BCUT2D eigenvalue weighted by Crippen LogP contribution is -2.46. The predicted molar refractivity (Wildman–Crippen MR) is 133 cm³/mol. The molecule has 0 aliphatic carbocycles. The summed E-state index contributed by atoms with van der Waals surface area (Å²) in [7, 11) is -3.07. The summed E-state index contributed by atoms with van der Waals surface area (Å²) in [6, 6.07) is 9.78. The van der Waals surface area contributed by atoms with Crippen molar-refractivity contribution in [3.8, 4) is 16.9 Å². The first kappa shape index (κ1) is 23.2. The zero-order chi connectivity index (χ0) is 24.7. The van der Waals surface area contributed by atoms with Gasteiger partial charge in [0, 0.05) is 41.8 Å². The van der Waals surface area contributed by atoms with E-state index >= 15 is 0 Å². The number of aromatic nitrogens is 5. The van der Waals surface area contributed by atoms with Gasteiger partial charge in [-0.15, -0.1) is 5.06 Å². The molecule has 4 aromatic heterocycles. The Morgan fingerprint density at radius 2 is 1.89 bits per heavy atom. The van der Waals surface area contributed by atoms with Gasteiger partial charge in [0.15, 0.2) is 21.4 Å². The maximum absolute atomic E-state index is 12.1. The van der Waals surface area contributed by atoms with Crippen molar-refractivity contribution >= 4 is 27.0 Å². The SMILES string of the molecule is Cc1cc(-c2ccn3nc(Nc4cc(C)nc(C)n4)cc3c2)c(ON2CCS(=O)(=O)C(C)C2)cn1. The molecule has 0 aromatic carbocycles. The highest BCUT2D eigenvalue weighted by atomic mass is 32.2. The Kier molecular flexibility index (Phi) is 5.89. The number of hydroxylamine groups is 2. The molecule has 1 saturated heterocycles. The molecule has 4 aromatic rings. The summed E-state index contributed by atoms with van der Waals surface area (Å²) in [4.78, 5) is 19.3. The van der Waals surface area contributed by atoms with E-state index in [2.05, 4.69) is 25.4 Å². The van der Waals surface area contributed by atoms with Gasteiger partial charge < -0.3 is 10.2 Å². The molecule has 35 heavy (non-hydrogen) atoms. The molecule has 1 aliphatic rings. The van der Waals surface area contributed by atoms with Crippen LogP contribution in [0.25, 0.3) is 16.6 Å². The van der Waals surface area contributed by atoms with E-state index in [0.717, 1.165) is 28.0 Å². The molecule has 10 nitrogen and oxygen atoms in total. The predicted octanol–water partition coefficient (Wildman–Crippen LogP) is 3.27. The normalized spacial score (nSPS) is 18.0. The highest BCUT2D eigenvalue weighted by Gasteiger charge is 2.31. The van der Waals surface area contributed by atoms with E-state index in [1.165, 1.54) is 0 Å². The Labute approximate surface area is 203 Å². The number of nitrogens with one attached hydrogen (secondary N) is 1. The van der Waals surface area contributed by atoms with Crippen LogP contribution < -0.4 is 10.2 Å². The summed E-state index contributed by atoms with van der Waals surface area (Å²) in [5.41, 5.74) is 4.44. The second kappa shape index (κ2) is 8.90. The maximum Gasteiger partial charge on any atom is 0.173 e. The number of fused-ring (bicyclic) bond motifs is 1. The summed E-state index contributed by atoms with van der Waals surface area (Å²) in [6.07, 6.45) is 3.58. The molecule has 0 radical (unpaired) electrons. The molecule has 182 valence electrons. The summed E-state index contributed by atoms with van der Waals surface area (Å²) >= 11 is 0. The van der Waals surface area contributed by atoms with Crippen LogP contribution in [0.2, 0.25) is 0 Å². The van der Waals surface area contributed by atoms with Crippen molar-refractivity contribution < 1.29 is 13.3 Å². The molecule has 0 amide bonds. The molecular formula is C24H27N7O3S. The first-order chi connectivity index (χ1) is 16.7. The lowest BCUT2D eigenvalue weighted by atomic mass is 10.1. The molecule has 1 aliphatic heterocycles. The summed E-state index contributed by atoms with van der Waals surface area (Å²) in [5.74, 6) is 2.71. The van der Waals surface area contributed by atoms with Crippen molar-refractivity contribution in [2.24, 2.45) is 0 Å². The van der Waals surface area contributed by atoms with E-state index in [9.17, 15) is 8.42 Å². The third-order valence-corrected chi connectivity index (χ3v) is 8.05. The van der Waals surface area contributed by atoms with Crippen LogP contribution in [0.4, 0.5) is 11.6 Å². The molecule has 11 heteroatoms. The van der Waals surface area contributed by atoms with E-state index < -0.39 is 15.1 Å². The topological polar surface area (TPSA) is 115 Å². The lowest BCUT2D eigenvalue weighted by molar-refractivity contribution is -0.0552. The fourth-order valence-corrected chi connectivity index (χ4v) is 5.38.